The Morgan fingerprint density at radius 3 is 2.50 bits per heavy atom. The average molecular weight is 224 g/mol. The van der Waals surface area contributed by atoms with Crippen molar-refractivity contribution < 1.29 is 9.59 Å². The lowest BCUT2D eigenvalue weighted by atomic mass is 9.71. The molecular weight excluding hydrogens is 200 g/mol. The van der Waals surface area contributed by atoms with Gasteiger partial charge in [0.05, 0.1) is 5.92 Å². The molecule has 92 valence electrons. The van der Waals surface area contributed by atoms with E-state index >= 15 is 0 Å². The second kappa shape index (κ2) is 5.11. The van der Waals surface area contributed by atoms with Gasteiger partial charge in [-0.3, -0.25) is 9.59 Å². The van der Waals surface area contributed by atoms with E-state index < -0.39 is 0 Å². The first kappa shape index (κ1) is 13.4. The number of ketones is 2. The van der Waals surface area contributed by atoms with Crippen LogP contribution >= 0.6 is 0 Å². The van der Waals surface area contributed by atoms with Crippen LogP contribution in [0.4, 0.5) is 0 Å². The zero-order chi connectivity index (χ0) is 12.3. The molecule has 0 aromatic rings. The highest BCUT2D eigenvalue weighted by atomic mass is 16.2. The fourth-order valence-electron chi connectivity index (χ4n) is 2.85. The Kier molecular flexibility index (Phi) is 4.28. The quantitative estimate of drug-likeness (QED) is 0.686. The molecule has 0 saturated heterocycles. The first-order valence-corrected chi connectivity index (χ1v) is 6.41. The van der Waals surface area contributed by atoms with Gasteiger partial charge in [0.25, 0.3) is 0 Å². The van der Waals surface area contributed by atoms with Gasteiger partial charge in [0.15, 0.2) is 0 Å². The van der Waals surface area contributed by atoms with Crippen LogP contribution in [0.25, 0.3) is 0 Å². The molecule has 0 amide bonds. The molecule has 0 aliphatic heterocycles. The first-order chi connectivity index (χ1) is 7.34. The SMILES string of the molecule is CC(C)CC(C)(C)C(=O)C1CCCCC1=O. The van der Waals surface area contributed by atoms with Gasteiger partial charge in [-0.2, -0.15) is 0 Å². The highest BCUT2D eigenvalue weighted by Crippen LogP contribution is 2.33. The van der Waals surface area contributed by atoms with Gasteiger partial charge in [0, 0.05) is 11.8 Å². The molecule has 1 unspecified atom stereocenters. The van der Waals surface area contributed by atoms with Crippen molar-refractivity contribution in [1.29, 1.82) is 0 Å². The van der Waals surface area contributed by atoms with E-state index in [0.717, 1.165) is 25.7 Å². The zero-order valence-corrected chi connectivity index (χ0v) is 11.0. The fraction of sp³-hybridized carbons (Fsp3) is 0.857. The van der Waals surface area contributed by atoms with Gasteiger partial charge in [0.2, 0.25) is 0 Å². The molecule has 1 aliphatic rings. The van der Waals surface area contributed by atoms with Gasteiger partial charge >= 0.3 is 0 Å². The summed E-state index contributed by atoms with van der Waals surface area (Å²) in [6, 6.07) is 0. The molecule has 2 nitrogen and oxygen atoms in total. The van der Waals surface area contributed by atoms with Gasteiger partial charge in [0.1, 0.15) is 11.6 Å². The predicted octanol–water partition coefficient (Wildman–Crippen LogP) is 3.39. The van der Waals surface area contributed by atoms with E-state index in [2.05, 4.69) is 13.8 Å². The monoisotopic (exact) mass is 224 g/mol. The molecule has 1 aliphatic carbocycles. The summed E-state index contributed by atoms with van der Waals surface area (Å²) in [6.45, 7) is 8.21. The smallest absolute Gasteiger partial charge is 0.148 e. The third-order valence-electron chi connectivity index (χ3n) is 3.46. The Labute approximate surface area is 98.8 Å². The summed E-state index contributed by atoms with van der Waals surface area (Å²) in [6.07, 6.45) is 4.25. The van der Waals surface area contributed by atoms with Gasteiger partial charge in [-0.05, 0) is 25.2 Å². The van der Waals surface area contributed by atoms with Crippen LogP contribution in [-0.2, 0) is 9.59 Å². The van der Waals surface area contributed by atoms with Crippen LogP contribution < -0.4 is 0 Å². The van der Waals surface area contributed by atoms with Crippen LogP contribution in [0.15, 0.2) is 0 Å². The number of carbonyl (C=O) groups is 2. The normalized spacial score (nSPS) is 22.6. The Morgan fingerprint density at radius 1 is 1.38 bits per heavy atom. The van der Waals surface area contributed by atoms with Crippen molar-refractivity contribution in [2.45, 2.75) is 59.8 Å². The maximum Gasteiger partial charge on any atom is 0.148 e. The van der Waals surface area contributed by atoms with E-state index in [0.29, 0.717) is 12.3 Å². The summed E-state index contributed by atoms with van der Waals surface area (Å²) >= 11 is 0. The lowest BCUT2D eigenvalue weighted by molar-refractivity contribution is -0.140. The Bertz CT molecular complexity index is 276. The van der Waals surface area contributed by atoms with Crippen molar-refractivity contribution in [3.8, 4) is 0 Å². The summed E-state index contributed by atoms with van der Waals surface area (Å²) in [5.41, 5.74) is -0.341. The van der Waals surface area contributed by atoms with Gasteiger partial charge in [-0.15, -0.1) is 0 Å². The third-order valence-corrected chi connectivity index (χ3v) is 3.46. The highest BCUT2D eigenvalue weighted by molar-refractivity contribution is 6.04. The molecule has 0 bridgehead atoms. The van der Waals surface area contributed by atoms with E-state index in [1.807, 2.05) is 13.8 Å². The number of hydrogen-bond acceptors (Lipinski definition) is 2. The zero-order valence-electron chi connectivity index (χ0n) is 11.0. The van der Waals surface area contributed by atoms with Crippen LogP contribution in [0.5, 0.6) is 0 Å². The van der Waals surface area contributed by atoms with Crippen LogP contribution in [0, 0.1) is 17.3 Å². The summed E-state index contributed by atoms with van der Waals surface area (Å²) < 4.78 is 0. The lowest BCUT2D eigenvalue weighted by Gasteiger charge is -2.30. The molecule has 2 heteroatoms. The summed E-state index contributed by atoms with van der Waals surface area (Å²) in [5, 5.41) is 0. The maximum absolute atomic E-state index is 12.3. The Balaban J connectivity index is 2.71. The minimum atomic E-state index is -0.341. The lowest BCUT2D eigenvalue weighted by Crippen LogP contribution is -2.37. The summed E-state index contributed by atoms with van der Waals surface area (Å²) in [4.78, 5) is 24.1. The second-order valence-corrected chi connectivity index (χ2v) is 6.11. The molecule has 0 aromatic carbocycles. The van der Waals surface area contributed by atoms with E-state index in [-0.39, 0.29) is 22.9 Å². The third kappa shape index (κ3) is 3.16. The van der Waals surface area contributed by atoms with Gasteiger partial charge < -0.3 is 0 Å². The topological polar surface area (TPSA) is 34.1 Å². The summed E-state index contributed by atoms with van der Waals surface area (Å²) in [5.74, 6) is 0.541. The minimum Gasteiger partial charge on any atom is -0.299 e. The highest BCUT2D eigenvalue weighted by Gasteiger charge is 2.38. The second-order valence-electron chi connectivity index (χ2n) is 6.11. The van der Waals surface area contributed by atoms with Crippen LogP contribution in [-0.4, -0.2) is 11.6 Å². The molecule has 1 atom stereocenters. The van der Waals surface area contributed by atoms with E-state index in [1.165, 1.54) is 0 Å². The number of Topliss-reactive ketones (excluding diaryl/α,β-unsaturated/α-hetero) is 2. The molecule has 0 N–H and O–H groups in total. The van der Waals surface area contributed by atoms with Crippen LogP contribution in [0.3, 0.4) is 0 Å². The van der Waals surface area contributed by atoms with Gasteiger partial charge in [-0.25, -0.2) is 0 Å². The molecule has 0 heterocycles. The molecule has 0 radical (unpaired) electrons. The molecular formula is C14H24O2. The van der Waals surface area contributed by atoms with Crippen molar-refractivity contribution in [2.24, 2.45) is 17.3 Å². The van der Waals surface area contributed by atoms with E-state index in [1.54, 1.807) is 0 Å². The molecule has 16 heavy (non-hydrogen) atoms. The average Bonchev–Trinajstić information content (AvgIpc) is 2.15. The van der Waals surface area contributed by atoms with Crippen molar-refractivity contribution in [3.05, 3.63) is 0 Å². The van der Waals surface area contributed by atoms with Crippen LogP contribution in [0.1, 0.15) is 59.8 Å². The van der Waals surface area contributed by atoms with Crippen molar-refractivity contribution in [1.82, 2.24) is 0 Å². The molecule has 0 spiro atoms. The number of hydrogen-bond donors (Lipinski definition) is 0. The predicted molar refractivity (Wildman–Crippen MR) is 65.2 cm³/mol. The van der Waals surface area contributed by atoms with Crippen molar-refractivity contribution in [3.63, 3.8) is 0 Å². The van der Waals surface area contributed by atoms with E-state index in [4.69, 9.17) is 0 Å². The largest absolute Gasteiger partial charge is 0.299 e. The standard InChI is InChI=1S/C14H24O2/c1-10(2)9-14(3,4)13(16)11-7-5-6-8-12(11)15/h10-11H,5-9H2,1-4H3. The van der Waals surface area contributed by atoms with Crippen molar-refractivity contribution >= 4 is 11.6 Å². The molecule has 1 saturated carbocycles. The Hall–Kier alpha value is -0.660. The molecule has 0 aromatic heterocycles. The maximum atomic E-state index is 12.3. The minimum absolute atomic E-state index is 0.172. The fourth-order valence-corrected chi connectivity index (χ4v) is 2.85. The Morgan fingerprint density at radius 2 is 2.00 bits per heavy atom. The van der Waals surface area contributed by atoms with Crippen LogP contribution in [0.2, 0.25) is 0 Å². The van der Waals surface area contributed by atoms with E-state index in [9.17, 15) is 9.59 Å². The van der Waals surface area contributed by atoms with Gasteiger partial charge in [-0.1, -0.05) is 34.1 Å². The number of rotatable bonds is 4. The summed E-state index contributed by atoms with van der Waals surface area (Å²) in [7, 11) is 0. The number of carbonyl (C=O) groups excluding carboxylic acids is 2. The van der Waals surface area contributed by atoms with Crippen molar-refractivity contribution in [2.75, 3.05) is 0 Å². The molecule has 1 rings (SSSR count). The first-order valence-electron chi connectivity index (χ1n) is 6.41. The molecule has 1 fully saturated rings.